The van der Waals surface area contributed by atoms with Crippen molar-refractivity contribution in [1.29, 1.82) is 0 Å². The highest BCUT2D eigenvalue weighted by Gasteiger charge is 2.09. The van der Waals surface area contributed by atoms with E-state index < -0.39 is 0 Å². The van der Waals surface area contributed by atoms with E-state index in [0.29, 0.717) is 18.2 Å². The van der Waals surface area contributed by atoms with Crippen LogP contribution in [-0.2, 0) is 5.88 Å². The summed E-state index contributed by atoms with van der Waals surface area (Å²) < 4.78 is 12.9. The van der Waals surface area contributed by atoms with Crippen LogP contribution in [-0.4, -0.2) is 16.5 Å². The molecule has 2 aromatic rings. The molecule has 0 bridgehead atoms. The maximum Gasteiger partial charge on any atom is 0.151 e. The van der Waals surface area contributed by atoms with E-state index in [4.69, 9.17) is 11.6 Å². The van der Waals surface area contributed by atoms with Gasteiger partial charge in [0.2, 0.25) is 0 Å². The Morgan fingerprint density at radius 2 is 1.94 bits per heavy atom. The number of halogens is 2. The van der Waals surface area contributed by atoms with Crippen molar-refractivity contribution in [2.24, 2.45) is 0 Å². The van der Waals surface area contributed by atoms with E-state index in [0.717, 1.165) is 11.4 Å². The van der Waals surface area contributed by atoms with Gasteiger partial charge in [-0.2, -0.15) is 0 Å². The molecule has 0 N–H and O–H groups in total. The summed E-state index contributed by atoms with van der Waals surface area (Å²) in [5.74, 6) is 0.777. The molecule has 0 atom stereocenters. The highest BCUT2D eigenvalue weighted by Crippen LogP contribution is 2.23. The molecule has 2 rings (SSSR count). The summed E-state index contributed by atoms with van der Waals surface area (Å²) in [6, 6.07) is 6.29. The van der Waals surface area contributed by atoms with Gasteiger partial charge in [0.15, 0.2) is 5.82 Å². The number of benzene rings is 1. The van der Waals surface area contributed by atoms with Gasteiger partial charge in [0.05, 0.1) is 17.8 Å². The van der Waals surface area contributed by atoms with Crippen molar-refractivity contribution in [1.82, 2.24) is 9.97 Å². The standard InChI is InChI=1S/C13H13ClFN3/c1-2-18(12-5-3-10(15)4-6-12)13-9-16-8-11(7-14)17-13/h3-6,8-9H,2,7H2,1H3. The summed E-state index contributed by atoms with van der Waals surface area (Å²) in [6.07, 6.45) is 3.30. The smallest absolute Gasteiger partial charge is 0.151 e. The molecule has 18 heavy (non-hydrogen) atoms. The van der Waals surface area contributed by atoms with E-state index in [1.54, 1.807) is 24.5 Å². The molecule has 0 fully saturated rings. The third kappa shape index (κ3) is 2.76. The Bertz CT molecular complexity index is 516. The Labute approximate surface area is 110 Å². The van der Waals surface area contributed by atoms with Crippen molar-refractivity contribution < 1.29 is 4.39 Å². The van der Waals surface area contributed by atoms with Gasteiger partial charge in [0, 0.05) is 18.4 Å². The van der Waals surface area contributed by atoms with Crippen LogP contribution >= 0.6 is 11.6 Å². The highest BCUT2D eigenvalue weighted by atomic mass is 35.5. The van der Waals surface area contributed by atoms with E-state index >= 15 is 0 Å². The second-order valence-corrected chi connectivity index (χ2v) is 3.99. The third-order valence-electron chi connectivity index (χ3n) is 2.54. The van der Waals surface area contributed by atoms with Crippen molar-refractivity contribution >= 4 is 23.1 Å². The Balaban J connectivity index is 2.35. The number of anilines is 2. The summed E-state index contributed by atoms with van der Waals surface area (Å²) in [5.41, 5.74) is 1.59. The first-order valence-corrected chi connectivity index (χ1v) is 6.18. The van der Waals surface area contributed by atoms with Crippen LogP contribution in [0.2, 0.25) is 0 Å². The largest absolute Gasteiger partial charge is 0.325 e. The lowest BCUT2D eigenvalue weighted by Crippen LogP contribution is -2.18. The highest BCUT2D eigenvalue weighted by molar-refractivity contribution is 6.16. The number of alkyl halides is 1. The second kappa shape index (κ2) is 5.78. The Morgan fingerprint density at radius 1 is 1.22 bits per heavy atom. The van der Waals surface area contributed by atoms with Gasteiger partial charge in [-0.25, -0.2) is 9.37 Å². The van der Waals surface area contributed by atoms with E-state index in [1.165, 1.54) is 12.1 Å². The SMILES string of the molecule is CCN(c1ccc(F)cc1)c1cncc(CCl)n1. The monoisotopic (exact) mass is 265 g/mol. The molecule has 0 unspecified atom stereocenters. The van der Waals surface area contributed by atoms with Crippen LogP contribution in [0.15, 0.2) is 36.7 Å². The van der Waals surface area contributed by atoms with Gasteiger partial charge in [-0.1, -0.05) is 0 Å². The molecule has 0 aliphatic rings. The minimum atomic E-state index is -0.254. The number of aromatic nitrogens is 2. The molecular formula is C13H13ClFN3. The Kier molecular flexibility index (Phi) is 4.10. The summed E-state index contributed by atoms with van der Waals surface area (Å²) in [5, 5.41) is 0. The summed E-state index contributed by atoms with van der Waals surface area (Å²) in [7, 11) is 0. The first kappa shape index (κ1) is 12.8. The lowest BCUT2D eigenvalue weighted by molar-refractivity contribution is 0.627. The summed E-state index contributed by atoms with van der Waals surface area (Å²) >= 11 is 5.74. The number of rotatable bonds is 4. The fraction of sp³-hybridized carbons (Fsp3) is 0.231. The fourth-order valence-electron chi connectivity index (χ4n) is 1.69. The van der Waals surface area contributed by atoms with Crippen LogP contribution < -0.4 is 4.90 Å². The van der Waals surface area contributed by atoms with Crippen LogP contribution in [0.1, 0.15) is 12.6 Å². The molecule has 1 heterocycles. The van der Waals surface area contributed by atoms with Gasteiger partial charge in [-0.15, -0.1) is 11.6 Å². The summed E-state index contributed by atoms with van der Waals surface area (Å²) in [6.45, 7) is 2.71. The lowest BCUT2D eigenvalue weighted by atomic mass is 10.3. The number of hydrogen-bond donors (Lipinski definition) is 0. The van der Waals surface area contributed by atoms with Crippen LogP contribution in [0.5, 0.6) is 0 Å². The summed E-state index contributed by atoms with van der Waals surface area (Å²) in [4.78, 5) is 10.5. The van der Waals surface area contributed by atoms with Crippen molar-refractivity contribution in [3.8, 4) is 0 Å². The molecule has 1 aromatic carbocycles. The minimum absolute atomic E-state index is 0.254. The average Bonchev–Trinajstić information content (AvgIpc) is 2.42. The van der Waals surface area contributed by atoms with Crippen molar-refractivity contribution in [2.45, 2.75) is 12.8 Å². The van der Waals surface area contributed by atoms with Gasteiger partial charge < -0.3 is 4.90 Å². The Morgan fingerprint density at radius 3 is 2.56 bits per heavy atom. The quantitative estimate of drug-likeness (QED) is 0.792. The van der Waals surface area contributed by atoms with E-state index in [-0.39, 0.29) is 5.82 Å². The maximum absolute atomic E-state index is 12.9. The molecule has 0 saturated carbocycles. The van der Waals surface area contributed by atoms with E-state index in [2.05, 4.69) is 9.97 Å². The van der Waals surface area contributed by atoms with Gasteiger partial charge >= 0.3 is 0 Å². The third-order valence-corrected chi connectivity index (χ3v) is 2.81. The molecule has 0 spiro atoms. The first-order chi connectivity index (χ1) is 8.74. The van der Waals surface area contributed by atoms with Crippen molar-refractivity contribution in [3.63, 3.8) is 0 Å². The second-order valence-electron chi connectivity index (χ2n) is 3.72. The number of nitrogens with zero attached hydrogens (tertiary/aromatic N) is 3. The van der Waals surface area contributed by atoms with Gasteiger partial charge in [0.1, 0.15) is 5.82 Å². The molecule has 94 valence electrons. The van der Waals surface area contributed by atoms with Gasteiger partial charge in [-0.3, -0.25) is 4.98 Å². The molecule has 3 nitrogen and oxygen atoms in total. The minimum Gasteiger partial charge on any atom is -0.325 e. The molecule has 0 saturated heterocycles. The van der Waals surface area contributed by atoms with Crippen LogP contribution in [0.25, 0.3) is 0 Å². The average molecular weight is 266 g/mol. The molecule has 0 radical (unpaired) electrons. The molecule has 1 aromatic heterocycles. The molecular weight excluding hydrogens is 253 g/mol. The fourth-order valence-corrected chi connectivity index (χ4v) is 1.82. The molecule has 0 amide bonds. The normalized spacial score (nSPS) is 10.4. The topological polar surface area (TPSA) is 29.0 Å². The van der Waals surface area contributed by atoms with Crippen LogP contribution in [0.4, 0.5) is 15.9 Å². The zero-order valence-electron chi connectivity index (χ0n) is 9.98. The zero-order chi connectivity index (χ0) is 13.0. The van der Waals surface area contributed by atoms with E-state index in [1.807, 2.05) is 11.8 Å². The van der Waals surface area contributed by atoms with Crippen LogP contribution in [0.3, 0.4) is 0 Å². The zero-order valence-corrected chi connectivity index (χ0v) is 10.7. The predicted octanol–water partition coefficient (Wildman–Crippen LogP) is 3.51. The molecule has 0 aliphatic heterocycles. The lowest BCUT2D eigenvalue weighted by Gasteiger charge is -2.21. The molecule has 0 aliphatic carbocycles. The molecule has 5 heteroatoms. The van der Waals surface area contributed by atoms with E-state index in [9.17, 15) is 4.39 Å². The van der Waals surface area contributed by atoms with Gasteiger partial charge in [0.25, 0.3) is 0 Å². The van der Waals surface area contributed by atoms with Crippen molar-refractivity contribution in [2.75, 3.05) is 11.4 Å². The van der Waals surface area contributed by atoms with Crippen LogP contribution in [0, 0.1) is 5.82 Å². The number of hydrogen-bond acceptors (Lipinski definition) is 3. The van der Waals surface area contributed by atoms with Gasteiger partial charge in [-0.05, 0) is 31.2 Å². The maximum atomic E-state index is 12.9. The Hall–Kier alpha value is -1.68. The van der Waals surface area contributed by atoms with Crippen molar-refractivity contribution in [3.05, 3.63) is 48.2 Å². The predicted molar refractivity (Wildman–Crippen MR) is 70.7 cm³/mol. The first-order valence-electron chi connectivity index (χ1n) is 5.64.